The minimum absolute atomic E-state index is 0.246. The van der Waals surface area contributed by atoms with Crippen LogP contribution in [0.2, 0.25) is 0 Å². The van der Waals surface area contributed by atoms with Crippen LogP contribution in [0.1, 0.15) is 105 Å². The molecule has 1 N–H and O–H groups in total. The molecule has 4 aromatic carbocycles. The first-order valence-electron chi connectivity index (χ1n) is 20.1. The molecule has 0 fully saturated rings. The van der Waals surface area contributed by atoms with Gasteiger partial charge in [-0.1, -0.05) is 100 Å². The molecular weight excluding hydrogens is 733 g/mol. The van der Waals surface area contributed by atoms with Gasteiger partial charge in [-0.25, -0.2) is 9.59 Å². The zero-order chi connectivity index (χ0) is 41.5. The standard InChI is InChI=1S/C26H26N2O2.C25H24N2O2/c1-18(2)22-15-23(26(29)30-3)24(27-16-22)14-20-9-10-25-21(13-20)11-12-28(25)17-19-7-5-4-6-8-19;1-17(2)21-14-22(25(28)29)23(26-15-21)13-19-8-9-24-20(12-19)10-11-27(24)16-18-6-4-3-5-7-18/h4-13,15-16,18H,14,17H2,1-3H3;3-12,14-15,17H,13,16H2,1-2H3,(H,28,29). The molecule has 8 aromatic rings. The Kier molecular flexibility index (Phi) is 12.5. The second-order valence-electron chi connectivity index (χ2n) is 15.6. The first-order valence-corrected chi connectivity index (χ1v) is 20.1. The average Bonchev–Trinajstić information content (AvgIpc) is 3.84. The Balaban J connectivity index is 0.000000179. The fourth-order valence-corrected chi connectivity index (χ4v) is 7.35. The Morgan fingerprint density at radius 2 is 1.02 bits per heavy atom. The van der Waals surface area contributed by atoms with Gasteiger partial charge in [0, 0.05) is 61.8 Å². The van der Waals surface area contributed by atoms with Gasteiger partial charge < -0.3 is 19.0 Å². The predicted octanol–water partition coefficient (Wildman–Crippen LogP) is 11.1. The van der Waals surface area contributed by atoms with E-state index < -0.39 is 5.97 Å². The maximum atomic E-state index is 12.3. The van der Waals surface area contributed by atoms with Crippen LogP contribution >= 0.6 is 0 Å². The lowest BCUT2D eigenvalue weighted by Gasteiger charge is -2.12. The molecule has 4 heterocycles. The molecule has 0 aliphatic rings. The van der Waals surface area contributed by atoms with E-state index in [0.29, 0.717) is 30.0 Å². The lowest BCUT2D eigenvalue weighted by atomic mass is 9.99. The average molecular weight is 783 g/mol. The van der Waals surface area contributed by atoms with E-state index in [2.05, 4.69) is 142 Å². The van der Waals surface area contributed by atoms with E-state index in [1.807, 2.05) is 38.2 Å². The summed E-state index contributed by atoms with van der Waals surface area (Å²) in [7, 11) is 1.41. The van der Waals surface area contributed by atoms with E-state index in [4.69, 9.17) is 4.74 Å². The second kappa shape index (κ2) is 18.2. The zero-order valence-corrected chi connectivity index (χ0v) is 34.3. The monoisotopic (exact) mass is 782 g/mol. The topological polar surface area (TPSA) is 99.2 Å². The summed E-state index contributed by atoms with van der Waals surface area (Å²) in [6, 6.07) is 41.5. The smallest absolute Gasteiger partial charge is 0.339 e. The highest BCUT2D eigenvalue weighted by Gasteiger charge is 2.17. The largest absolute Gasteiger partial charge is 0.478 e. The van der Waals surface area contributed by atoms with Crippen LogP contribution in [0.25, 0.3) is 21.8 Å². The molecule has 0 spiro atoms. The van der Waals surface area contributed by atoms with E-state index in [0.717, 1.165) is 46.4 Å². The molecule has 0 radical (unpaired) electrons. The Hall–Kier alpha value is -6.80. The summed E-state index contributed by atoms with van der Waals surface area (Å²) in [5, 5.41) is 12.0. The number of methoxy groups -OCH3 is 1. The van der Waals surface area contributed by atoms with Crippen molar-refractivity contribution in [2.24, 2.45) is 0 Å². The van der Waals surface area contributed by atoms with Crippen LogP contribution in [0.3, 0.4) is 0 Å². The van der Waals surface area contributed by atoms with Gasteiger partial charge in [0.15, 0.2) is 0 Å². The number of benzene rings is 4. The predicted molar refractivity (Wildman–Crippen MR) is 236 cm³/mol. The number of pyridine rings is 2. The van der Waals surface area contributed by atoms with Crippen molar-refractivity contribution in [2.45, 2.75) is 65.5 Å². The van der Waals surface area contributed by atoms with Crippen LogP contribution < -0.4 is 0 Å². The van der Waals surface area contributed by atoms with Crippen molar-refractivity contribution in [3.05, 3.63) is 202 Å². The van der Waals surface area contributed by atoms with Crippen molar-refractivity contribution in [1.82, 2.24) is 19.1 Å². The van der Waals surface area contributed by atoms with Crippen LogP contribution in [0.4, 0.5) is 0 Å². The normalized spacial score (nSPS) is 11.2. The number of hydrogen-bond donors (Lipinski definition) is 1. The molecular formula is C51H50N4O4. The van der Waals surface area contributed by atoms with Gasteiger partial charge in [0.1, 0.15) is 0 Å². The van der Waals surface area contributed by atoms with Gasteiger partial charge in [-0.15, -0.1) is 0 Å². The fraction of sp³-hybridized carbons (Fsp3) is 0.216. The summed E-state index contributed by atoms with van der Waals surface area (Å²) >= 11 is 0. The molecule has 59 heavy (non-hydrogen) atoms. The molecule has 8 nitrogen and oxygen atoms in total. The SMILES string of the molecule is CC(C)c1cnc(Cc2ccc3c(ccn3Cc3ccccc3)c2)c(C(=O)O)c1.COC(=O)c1cc(C(C)C)cnc1Cc1ccc2c(ccn2Cc2ccccc2)c1. The van der Waals surface area contributed by atoms with Crippen molar-refractivity contribution in [1.29, 1.82) is 0 Å². The first-order chi connectivity index (χ1) is 28.6. The number of carboxylic acids is 1. The first kappa shape index (κ1) is 40.4. The van der Waals surface area contributed by atoms with Gasteiger partial charge in [0.05, 0.1) is 29.6 Å². The number of fused-ring (bicyclic) bond motifs is 2. The summed E-state index contributed by atoms with van der Waals surface area (Å²) in [5.41, 5.74) is 11.2. The van der Waals surface area contributed by atoms with Gasteiger partial charge in [-0.3, -0.25) is 9.97 Å². The molecule has 0 saturated carbocycles. The zero-order valence-electron chi connectivity index (χ0n) is 34.3. The van der Waals surface area contributed by atoms with Crippen LogP contribution in [0.5, 0.6) is 0 Å². The number of carboxylic acid groups (broad SMARTS) is 1. The van der Waals surface area contributed by atoms with E-state index in [-0.39, 0.29) is 17.5 Å². The summed E-state index contributed by atoms with van der Waals surface area (Å²) < 4.78 is 9.48. The Morgan fingerprint density at radius 1 is 0.576 bits per heavy atom. The molecule has 0 aliphatic carbocycles. The minimum Gasteiger partial charge on any atom is -0.478 e. The fourth-order valence-electron chi connectivity index (χ4n) is 7.35. The van der Waals surface area contributed by atoms with E-state index in [9.17, 15) is 14.7 Å². The number of rotatable bonds is 12. The minimum atomic E-state index is -0.926. The highest BCUT2D eigenvalue weighted by molar-refractivity contribution is 5.91. The number of aromatic nitrogens is 4. The Morgan fingerprint density at radius 3 is 1.44 bits per heavy atom. The molecule has 0 unspecified atom stereocenters. The molecule has 0 amide bonds. The number of carbonyl (C=O) groups is 2. The number of esters is 1. The van der Waals surface area contributed by atoms with Gasteiger partial charge in [-0.05, 0) is 105 Å². The van der Waals surface area contributed by atoms with E-state index in [1.54, 1.807) is 12.3 Å². The number of nitrogens with zero attached hydrogens (tertiary/aromatic N) is 4. The van der Waals surface area contributed by atoms with Crippen LogP contribution in [0.15, 0.2) is 146 Å². The molecule has 8 rings (SSSR count). The van der Waals surface area contributed by atoms with Crippen LogP contribution in [-0.4, -0.2) is 43.3 Å². The van der Waals surface area contributed by atoms with Crippen molar-refractivity contribution >= 4 is 33.7 Å². The van der Waals surface area contributed by atoms with E-state index >= 15 is 0 Å². The molecule has 0 aliphatic heterocycles. The lowest BCUT2D eigenvalue weighted by Crippen LogP contribution is -2.10. The summed E-state index contributed by atoms with van der Waals surface area (Å²) in [5.74, 6) is -0.716. The van der Waals surface area contributed by atoms with Gasteiger partial charge in [0.25, 0.3) is 0 Å². The lowest BCUT2D eigenvalue weighted by molar-refractivity contribution is 0.0598. The van der Waals surface area contributed by atoms with E-state index in [1.165, 1.54) is 34.7 Å². The third-order valence-electron chi connectivity index (χ3n) is 10.8. The number of carbonyl (C=O) groups excluding carboxylic acids is 1. The third-order valence-corrected chi connectivity index (χ3v) is 10.8. The van der Waals surface area contributed by atoms with Gasteiger partial charge >= 0.3 is 11.9 Å². The van der Waals surface area contributed by atoms with Crippen molar-refractivity contribution in [3.8, 4) is 0 Å². The molecule has 0 bridgehead atoms. The quantitative estimate of drug-likeness (QED) is 0.124. The third kappa shape index (κ3) is 9.67. The van der Waals surface area contributed by atoms with Crippen molar-refractivity contribution in [2.75, 3.05) is 7.11 Å². The number of hydrogen-bond acceptors (Lipinski definition) is 5. The number of aromatic carboxylic acids is 1. The highest BCUT2D eigenvalue weighted by Crippen LogP contribution is 2.25. The van der Waals surface area contributed by atoms with Crippen molar-refractivity contribution in [3.63, 3.8) is 0 Å². The van der Waals surface area contributed by atoms with Crippen LogP contribution in [-0.2, 0) is 30.7 Å². The molecule has 0 saturated heterocycles. The highest BCUT2D eigenvalue weighted by atomic mass is 16.5. The Labute approximate surface area is 345 Å². The van der Waals surface area contributed by atoms with Gasteiger partial charge in [-0.2, -0.15) is 0 Å². The molecule has 4 aromatic heterocycles. The maximum Gasteiger partial charge on any atom is 0.339 e. The van der Waals surface area contributed by atoms with Crippen LogP contribution in [0, 0.1) is 0 Å². The Bertz CT molecular complexity index is 2710. The van der Waals surface area contributed by atoms with Crippen molar-refractivity contribution < 1.29 is 19.4 Å². The second-order valence-corrected chi connectivity index (χ2v) is 15.6. The van der Waals surface area contributed by atoms with Gasteiger partial charge in [0.2, 0.25) is 0 Å². The summed E-state index contributed by atoms with van der Waals surface area (Å²) in [6.45, 7) is 9.92. The number of ether oxygens (including phenoxy) is 1. The molecule has 0 atom stereocenters. The maximum absolute atomic E-state index is 12.3. The molecule has 8 heteroatoms. The summed E-state index contributed by atoms with van der Waals surface area (Å²) in [6.07, 6.45) is 8.96. The molecule has 298 valence electrons. The summed E-state index contributed by atoms with van der Waals surface area (Å²) in [4.78, 5) is 33.1.